The van der Waals surface area contributed by atoms with E-state index in [0.717, 1.165) is 42.2 Å². The second-order valence-electron chi connectivity index (χ2n) is 9.32. The number of fused-ring (bicyclic) bond motifs is 1. The molecule has 2 aliphatic rings. The Balaban J connectivity index is 1.09. The number of piperidine rings is 2. The zero-order valence-corrected chi connectivity index (χ0v) is 19.9. The lowest BCUT2D eigenvalue weighted by Crippen LogP contribution is -2.53. The zero-order chi connectivity index (χ0) is 24.1. The summed E-state index contributed by atoms with van der Waals surface area (Å²) in [6, 6.07) is 3.30. The van der Waals surface area contributed by atoms with E-state index in [1.165, 1.54) is 11.3 Å². The Morgan fingerprint density at radius 1 is 1.18 bits per heavy atom. The van der Waals surface area contributed by atoms with Crippen LogP contribution in [-0.4, -0.2) is 60.1 Å². The molecule has 2 aromatic heterocycles. The number of pyridine rings is 1. The van der Waals surface area contributed by atoms with Gasteiger partial charge in [0.2, 0.25) is 5.91 Å². The molecule has 0 radical (unpaired) electrons. The number of carbonyl (C=O) groups is 2. The lowest BCUT2D eigenvalue weighted by molar-refractivity contribution is -0.180. The quantitative estimate of drug-likeness (QED) is 0.559. The lowest BCUT2D eigenvalue weighted by atomic mass is 9.90. The van der Waals surface area contributed by atoms with Crippen molar-refractivity contribution in [1.29, 1.82) is 0 Å². The molecule has 2 saturated heterocycles. The maximum Gasteiger partial charge on any atom is 0.393 e. The third kappa shape index (κ3) is 6.27. The topological polar surface area (TPSA) is 74.3 Å². The van der Waals surface area contributed by atoms with Crippen molar-refractivity contribution in [2.45, 2.75) is 57.2 Å². The molecular formula is C24H31F3N4O2S. The summed E-state index contributed by atoms with van der Waals surface area (Å²) in [5, 5.41) is 6.83. The fourth-order valence-electron chi connectivity index (χ4n) is 4.85. The summed E-state index contributed by atoms with van der Waals surface area (Å²) in [5.74, 6) is -0.914. The van der Waals surface area contributed by atoms with E-state index in [1.807, 2.05) is 17.0 Å². The van der Waals surface area contributed by atoms with Crippen molar-refractivity contribution in [3.63, 3.8) is 0 Å². The van der Waals surface area contributed by atoms with Crippen molar-refractivity contribution in [2.75, 3.05) is 26.2 Å². The molecule has 2 aliphatic heterocycles. The fourth-order valence-corrected chi connectivity index (χ4v) is 5.80. The van der Waals surface area contributed by atoms with Gasteiger partial charge in [0.05, 0.1) is 21.5 Å². The maximum absolute atomic E-state index is 12.8. The Bertz CT molecular complexity index is 947. The molecule has 0 saturated carbocycles. The van der Waals surface area contributed by atoms with Gasteiger partial charge >= 0.3 is 6.18 Å². The van der Waals surface area contributed by atoms with Crippen LogP contribution in [0.15, 0.2) is 24.5 Å². The number of hydrogen-bond acceptors (Lipinski definition) is 5. The maximum atomic E-state index is 12.8. The van der Waals surface area contributed by atoms with E-state index in [2.05, 4.69) is 15.6 Å². The number of likely N-dealkylation sites (tertiary alicyclic amines) is 1. The molecule has 4 heterocycles. The van der Waals surface area contributed by atoms with Crippen LogP contribution in [0.25, 0.3) is 10.1 Å². The first-order valence-electron chi connectivity index (χ1n) is 12.0. The first-order valence-corrected chi connectivity index (χ1v) is 12.8. The highest BCUT2D eigenvalue weighted by Crippen LogP contribution is 2.32. The monoisotopic (exact) mass is 496 g/mol. The highest BCUT2D eigenvalue weighted by atomic mass is 32.1. The van der Waals surface area contributed by atoms with Crippen LogP contribution in [0.5, 0.6) is 0 Å². The van der Waals surface area contributed by atoms with E-state index in [0.29, 0.717) is 30.4 Å². The van der Waals surface area contributed by atoms with Crippen LogP contribution >= 0.6 is 11.3 Å². The number of nitrogens with one attached hydrogen (secondary N) is 2. The van der Waals surface area contributed by atoms with Gasteiger partial charge in [0.1, 0.15) is 0 Å². The predicted octanol–water partition coefficient (Wildman–Crippen LogP) is 4.37. The fraction of sp³-hybridized carbons (Fsp3) is 0.625. The smallest absolute Gasteiger partial charge is 0.351 e. The SMILES string of the molecule is O=C(NCCCCC1CCN(C(=O)C2CCC(C(F)(F)F)CN2)CC1)c1cc2ccncc2s1. The van der Waals surface area contributed by atoms with Crippen LogP contribution in [0.2, 0.25) is 0 Å². The highest BCUT2D eigenvalue weighted by Gasteiger charge is 2.43. The van der Waals surface area contributed by atoms with Crippen LogP contribution in [0, 0.1) is 11.8 Å². The number of thiophene rings is 1. The minimum atomic E-state index is -4.20. The van der Waals surface area contributed by atoms with Gasteiger partial charge in [-0.2, -0.15) is 13.2 Å². The van der Waals surface area contributed by atoms with Crippen LogP contribution < -0.4 is 10.6 Å². The Kier molecular flexibility index (Phi) is 8.08. The summed E-state index contributed by atoms with van der Waals surface area (Å²) < 4.78 is 39.5. The molecule has 2 amide bonds. The molecule has 34 heavy (non-hydrogen) atoms. The second kappa shape index (κ2) is 11.0. The number of halogens is 3. The molecule has 0 aromatic carbocycles. The van der Waals surface area contributed by atoms with E-state index in [-0.39, 0.29) is 31.2 Å². The average molecular weight is 497 g/mol. The second-order valence-corrected chi connectivity index (χ2v) is 10.4. The van der Waals surface area contributed by atoms with Gasteiger partial charge in [-0.25, -0.2) is 0 Å². The Morgan fingerprint density at radius 3 is 2.65 bits per heavy atom. The first-order chi connectivity index (χ1) is 16.3. The summed E-state index contributed by atoms with van der Waals surface area (Å²) in [5.41, 5.74) is 0. The number of aromatic nitrogens is 1. The Labute approximate surface area is 201 Å². The number of carbonyl (C=O) groups excluding carboxylic acids is 2. The van der Waals surface area contributed by atoms with Crippen molar-refractivity contribution < 1.29 is 22.8 Å². The van der Waals surface area contributed by atoms with Gasteiger partial charge in [-0.05, 0) is 55.5 Å². The van der Waals surface area contributed by atoms with Gasteiger partial charge in [-0.1, -0.05) is 12.8 Å². The molecule has 2 unspecified atom stereocenters. The summed E-state index contributed by atoms with van der Waals surface area (Å²) >= 11 is 1.44. The molecule has 186 valence electrons. The van der Waals surface area contributed by atoms with Gasteiger partial charge in [0.15, 0.2) is 0 Å². The molecule has 6 nitrogen and oxygen atoms in total. The summed E-state index contributed by atoms with van der Waals surface area (Å²) in [7, 11) is 0. The average Bonchev–Trinajstić information content (AvgIpc) is 3.28. The van der Waals surface area contributed by atoms with E-state index in [9.17, 15) is 22.8 Å². The van der Waals surface area contributed by atoms with Crippen LogP contribution in [0.3, 0.4) is 0 Å². The van der Waals surface area contributed by atoms with Crippen LogP contribution in [0.1, 0.15) is 54.6 Å². The molecule has 2 fully saturated rings. The van der Waals surface area contributed by atoms with Crippen LogP contribution in [0.4, 0.5) is 13.2 Å². The molecular weight excluding hydrogens is 465 g/mol. The Hall–Kier alpha value is -2.20. The van der Waals surface area contributed by atoms with E-state index in [1.54, 1.807) is 12.4 Å². The molecule has 10 heteroatoms. The van der Waals surface area contributed by atoms with E-state index in [4.69, 9.17) is 0 Å². The van der Waals surface area contributed by atoms with Crippen molar-refractivity contribution in [1.82, 2.24) is 20.5 Å². The van der Waals surface area contributed by atoms with Crippen molar-refractivity contribution in [2.24, 2.45) is 11.8 Å². The third-order valence-corrected chi connectivity index (χ3v) is 8.06. The number of nitrogens with zero attached hydrogens (tertiary/aromatic N) is 2. The third-order valence-electron chi connectivity index (χ3n) is 6.97. The molecule has 4 rings (SSSR count). The van der Waals surface area contributed by atoms with E-state index < -0.39 is 18.1 Å². The molecule has 0 aliphatic carbocycles. The number of hydrogen-bond donors (Lipinski definition) is 2. The molecule has 2 N–H and O–H groups in total. The van der Waals surface area contributed by atoms with Gasteiger partial charge in [-0.15, -0.1) is 11.3 Å². The first kappa shape index (κ1) is 24.9. The molecule has 2 atom stereocenters. The Morgan fingerprint density at radius 2 is 1.97 bits per heavy atom. The number of rotatable bonds is 7. The molecule has 0 bridgehead atoms. The molecule has 0 spiro atoms. The van der Waals surface area contributed by atoms with E-state index >= 15 is 0 Å². The standard InChI is InChI=1S/C24H31F3N4O2S/c25-24(26,27)18-4-5-19(30-14-18)23(33)31-11-7-16(8-12-31)3-1-2-9-29-22(32)20-13-17-6-10-28-15-21(17)34-20/h6,10,13,15-16,18-19,30H,1-5,7-9,11-12,14H2,(H,29,32). The van der Waals surface area contributed by atoms with Gasteiger partial charge in [0, 0.05) is 38.6 Å². The van der Waals surface area contributed by atoms with Crippen molar-refractivity contribution in [3.05, 3.63) is 29.4 Å². The summed E-state index contributed by atoms with van der Waals surface area (Å²) in [6.45, 7) is 1.80. The minimum absolute atomic E-state index is 0.0139. The number of alkyl halides is 3. The van der Waals surface area contributed by atoms with Gasteiger partial charge in [0.25, 0.3) is 5.91 Å². The summed E-state index contributed by atoms with van der Waals surface area (Å²) in [4.78, 5) is 31.6. The zero-order valence-electron chi connectivity index (χ0n) is 19.1. The minimum Gasteiger partial charge on any atom is -0.351 e. The normalized spacial score (nSPS) is 22.1. The molecule has 2 aromatic rings. The predicted molar refractivity (Wildman–Crippen MR) is 126 cm³/mol. The highest BCUT2D eigenvalue weighted by molar-refractivity contribution is 7.20. The van der Waals surface area contributed by atoms with Crippen molar-refractivity contribution >= 4 is 33.2 Å². The van der Waals surface area contributed by atoms with Gasteiger partial charge < -0.3 is 15.5 Å². The lowest BCUT2D eigenvalue weighted by Gasteiger charge is -2.37. The van der Waals surface area contributed by atoms with Crippen LogP contribution in [-0.2, 0) is 4.79 Å². The number of amides is 2. The van der Waals surface area contributed by atoms with Gasteiger partial charge in [-0.3, -0.25) is 14.6 Å². The largest absolute Gasteiger partial charge is 0.393 e. The van der Waals surface area contributed by atoms with Crippen molar-refractivity contribution in [3.8, 4) is 0 Å². The number of unbranched alkanes of at least 4 members (excludes halogenated alkanes) is 1. The summed E-state index contributed by atoms with van der Waals surface area (Å²) in [6.07, 6.45) is 4.37.